The third-order valence-corrected chi connectivity index (χ3v) is 7.37. The lowest BCUT2D eigenvalue weighted by Crippen LogP contribution is -2.43. The van der Waals surface area contributed by atoms with Gasteiger partial charge in [0.05, 0.1) is 27.9 Å². The van der Waals surface area contributed by atoms with Crippen LogP contribution in [0.25, 0.3) is 10.8 Å². The first-order valence-corrected chi connectivity index (χ1v) is 12.9. The van der Waals surface area contributed by atoms with Gasteiger partial charge in [0.15, 0.2) is 11.5 Å². The molecule has 0 spiro atoms. The Morgan fingerprint density at radius 1 is 0.842 bits per heavy atom. The van der Waals surface area contributed by atoms with Crippen molar-refractivity contribution in [2.24, 2.45) is 0 Å². The summed E-state index contributed by atoms with van der Waals surface area (Å²) in [7, 11) is 4.97. The van der Waals surface area contributed by atoms with Gasteiger partial charge in [-0.2, -0.15) is 0 Å². The number of para-hydroxylation sites is 1. The molecule has 1 aliphatic rings. The van der Waals surface area contributed by atoms with Gasteiger partial charge in [0.1, 0.15) is 5.75 Å². The molecule has 1 heterocycles. The second-order valence-corrected chi connectivity index (χ2v) is 9.62. The molecule has 196 valence electrons. The highest BCUT2D eigenvalue weighted by Crippen LogP contribution is 2.39. The molecule has 0 aliphatic carbocycles. The highest BCUT2D eigenvalue weighted by Gasteiger charge is 2.30. The molecule has 0 saturated heterocycles. The molecule has 1 unspecified atom stereocenters. The van der Waals surface area contributed by atoms with Crippen molar-refractivity contribution in [1.82, 2.24) is 10.2 Å². The summed E-state index contributed by atoms with van der Waals surface area (Å²) >= 11 is 0. The van der Waals surface area contributed by atoms with E-state index < -0.39 is 0 Å². The number of carbonyl (C=O) groups excluding carboxylic acids is 1. The van der Waals surface area contributed by atoms with Gasteiger partial charge >= 0.3 is 0 Å². The van der Waals surface area contributed by atoms with Crippen molar-refractivity contribution >= 4 is 16.7 Å². The second-order valence-electron chi connectivity index (χ2n) is 9.62. The monoisotopic (exact) mass is 510 g/mol. The Morgan fingerprint density at radius 2 is 1.55 bits per heavy atom. The van der Waals surface area contributed by atoms with Gasteiger partial charge in [0.25, 0.3) is 0 Å². The van der Waals surface area contributed by atoms with E-state index in [1.54, 1.807) is 21.3 Å². The van der Waals surface area contributed by atoms with E-state index in [1.165, 1.54) is 27.5 Å². The molecule has 0 radical (unpaired) electrons. The van der Waals surface area contributed by atoms with Crippen molar-refractivity contribution in [3.05, 3.63) is 101 Å². The van der Waals surface area contributed by atoms with Crippen molar-refractivity contribution in [3.8, 4) is 17.2 Å². The zero-order chi connectivity index (χ0) is 26.5. The third kappa shape index (κ3) is 5.46. The first kappa shape index (κ1) is 25.6. The van der Waals surface area contributed by atoms with Crippen LogP contribution in [0.3, 0.4) is 0 Å². The highest BCUT2D eigenvalue weighted by molar-refractivity contribution is 5.83. The van der Waals surface area contributed by atoms with Crippen molar-refractivity contribution in [2.75, 3.05) is 34.4 Å². The Bertz CT molecular complexity index is 1430. The van der Waals surface area contributed by atoms with E-state index in [2.05, 4.69) is 64.8 Å². The molecular formula is C32H34N2O4. The van der Waals surface area contributed by atoms with Gasteiger partial charge in [-0.05, 0) is 58.5 Å². The summed E-state index contributed by atoms with van der Waals surface area (Å²) in [5, 5.41) is 5.53. The molecule has 6 nitrogen and oxygen atoms in total. The number of amides is 1. The molecule has 6 heteroatoms. The third-order valence-electron chi connectivity index (χ3n) is 7.37. The first-order valence-electron chi connectivity index (χ1n) is 12.9. The van der Waals surface area contributed by atoms with E-state index in [4.69, 9.17) is 14.2 Å². The zero-order valence-electron chi connectivity index (χ0n) is 22.2. The molecule has 5 rings (SSSR count). The van der Waals surface area contributed by atoms with Crippen LogP contribution in [0, 0.1) is 0 Å². The van der Waals surface area contributed by atoms with Crippen LogP contribution in [-0.4, -0.2) is 45.2 Å². The van der Waals surface area contributed by atoms with Gasteiger partial charge in [-0.3, -0.25) is 9.69 Å². The van der Waals surface area contributed by atoms with Crippen molar-refractivity contribution in [1.29, 1.82) is 0 Å². The van der Waals surface area contributed by atoms with Gasteiger partial charge in [-0.1, -0.05) is 60.7 Å². The van der Waals surface area contributed by atoms with Crippen LogP contribution in [0.2, 0.25) is 0 Å². The zero-order valence-corrected chi connectivity index (χ0v) is 22.2. The minimum atomic E-state index is -0.0108. The van der Waals surface area contributed by atoms with Crippen molar-refractivity contribution < 1.29 is 19.0 Å². The quantitative estimate of drug-likeness (QED) is 0.330. The van der Waals surface area contributed by atoms with E-state index in [0.717, 1.165) is 36.4 Å². The summed E-state index contributed by atoms with van der Waals surface area (Å²) in [6, 6.07) is 27.0. The van der Waals surface area contributed by atoms with Crippen LogP contribution in [0.5, 0.6) is 17.2 Å². The van der Waals surface area contributed by atoms with Crippen LogP contribution in [0.1, 0.15) is 28.3 Å². The van der Waals surface area contributed by atoms with E-state index >= 15 is 0 Å². The van der Waals surface area contributed by atoms with Gasteiger partial charge in [0, 0.05) is 24.7 Å². The molecular weight excluding hydrogens is 476 g/mol. The molecule has 1 amide bonds. The van der Waals surface area contributed by atoms with Crippen LogP contribution >= 0.6 is 0 Å². The van der Waals surface area contributed by atoms with E-state index in [0.29, 0.717) is 18.8 Å². The number of ether oxygens (including phenoxy) is 3. The lowest BCUT2D eigenvalue weighted by molar-refractivity contribution is -0.123. The number of benzene rings is 4. The molecule has 0 fully saturated rings. The first-order chi connectivity index (χ1) is 18.6. The Balaban J connectivity index is 1.41. The molecule has 38 heavy (non-hydrogen) atoms. The highest BCUT2D eigenvalue weighted by atomic mass is 16.5. The van der Waals surface area contributed by atoms with E-state index in [9.17, 15) is 4.79 Å². The van der Waals surface area contributed by atoms with Crippen LogP contribution < -0.4 is 19.5 Å². The molecule has 4 aromatic carbocycles. The fraction of sp³-hybridized carbons (Fsp3) is 0.281. The molecule has 0 bridgehead atoms. The molecule has 0 aromatic heterocycles. The number of hydrogen-bond acceptors (Lipinski definition) is 5. The van der Waals surface area contributed by atoms with Crippen LogP contribution in [-0.2, 0) is 24.2 Å². The predicted octanol–water partition coefficient (Wildman–Crippen LogP) is 5.32. The maximum atomic E-state index is 13.2. The van der Waals surface area contributed by atoms with Gasteiger partial charge in [0.2, 0.25) is 5.91 Å². The standard InChI is InChI=1S/C32H34N2O4/c1-36-29-11-7-6-10-26(29)20-33-32(35)21-34-15-14-25-18-30(37-2)31(38-3)19-27(25)28(34)17-22-12-13-23-8-4-5-9-24(23)16-22/h4-13,16,18-19,28H,14-15,17,20-21H2,1-3H3,(H,33,35). The number of nitrogens with one attached hydrogen (secondary N) is 1. The maximum absolute atomic E-state index is 13.2. The number of hydrogen-bond donors (Lipinski definition) is 1. The van der Waals surface area contributed by atoms with Gasteiger partial charge in [-0.25, -0.2) is 0 Å². The fourth-order valence-corrected chi connectivity index (χ4v) is 5.38. The molecule has 4 aromatic rings. The minimum absolute atomic E-state index is 0.0108. The van der Waals surface area contributed by atoms with Crippen LogP contribution in [0.4, 0.5) is 0 Å². The fourth-order valence-electron chi connectivity index (χ4n) is 5.38. The molecule has 0 saturated carbocycles. The number of carbonyl (C=O) groups is 1. The van der Waals surface area contributed by atoms with Crippen molar-refractivity contribution in [3.63, 3.8) is 0 Å². The largest absolute Gasteiger partial charge is 0.496 e. The Kier molecular flexibility index (Phi) is 7.80. The number of rotatable bonds is 9. The topological polar surface area (TPSA) is 60.0 Å². The number of fused-ring (bicyclic) bond motifs is 2. The summed E-state index contributed by atoms with van der Waals surface area (Å²) < 4.78 is 16.7. The molecule has 1 atom stereocenters. The second kappa shape index (κ2) is 11.6. The van der Waals surface area contributed by atoms with Gasteiger partial charge < -0.3 is 19.5 Å². The summed E-state index contributed by atoms with van der Waals surface area (Å²) in [5.74, 6) is 2.20. The number of nitrogens with zero attached hydrogens (tertiary/aromatic N) is 1. The summed E-state index contributed by atoms with van der Waals surface area (Å²) in [5.41, 5.74) is 4.60. The van der Waals surface area contributed by atoms with Crippen molar-refractivity contribution in [2.45, 2.75) is 25.4 Å². The SMILES string of the molecule is COc1ccccc1CNC(=O)CN1CCc2cc(OC)c(OC)cc2C1Cc1ccc2ccccc2c1. The summed E-state index contributed by atoms with van der Waals surface area (Å²) in [6.07, 6.45) is 1.62. The van der Waals surface area contributed by atoms with E-state index in [-0.39, 0.29) is 11.9 Å². The Hall–Kier alpha value is -4.03. The molecule has 1 N–H and O–H groups in total. The lowest BCUT2D eigenvalue weighted by atomic mass is 9.87. The number of methoxy groups -OCH3 is 3. The average molecular weight is 511 g/mol. The Morgan fingerprint density at radius 3 is 2.34 bits per heavy atom. The Labute approximate surface area is 224 Å². The minimum Gasteiger partial charge on any atom is -0.496 e. The summed E-state index contributed by atoms with van der Waals surface area (Å²) in [6.45, 7) is 1.51. The maximum Gasteiger partial charge on any atom is 0.234 e. The normalized spacial score (nSPS) is 15.1. The smallest absolute Gasteiger partial charge is 0.234 e. The summed E-state index contributed by atoms with van der Waals surface area (Å²) in [4.78, 5) is 15.4. The van der Waals surface area contributed by atoms with E-state index in [1.807, 2.05) is 24.3 Å². The van der Waals surface area contributed by atoms with Gasteiger partial charge in [-0.15, -0.1) is 0 Å². The lowest BCUT2D eigenvalue weighted by Gasteiger charge is -2.37. The van der Waals surface area contributed by atoms with Crippen LogP contribution in [0.15, 0.2) is 78.9 Å². The molecule has 1 aliphatic heterocycles. The predicted molar refractivity (Wildman–Crippen MR) is 150 cm³/mol. The average Bonchev–Trinajstić information content (AvgIpc) is 2.96.